The number of fused-ring (bicyclic) bond motifs is 4. The second-order valence-corrected chi connectivity index (χ2v) is 33.5. The molecule has 0 aliphatic carbocycles. The topological polar surface area (TPSA) is 461 Å². The first-order valence-electron chi connectivity index (χ1n) is 45.3. The number of methoxy groups -OCH3 is 1. The predicted octanol–water partition coefficient (Wildman–Crippen LogP) is 11.7. The van der Waals surface area contributed by atoms with E-state index in [9.17, 15) is 51.6 Å². The minimum Gasteiger partial charge on any atom is -0.399 e. The van der Waals surface area contributed by atoms with Gasteiger partial charge in [0.25, 0.3) is 32.4 Å². The van der Waals surface area contributed by atoms with Crippen molar-refractivity contribution in [1.82, 2.24) is 76.4 Å². The lowest BCUT2D eigenvalue weighted by molar-refractivity contribution is -0.116. The average molecular weight is 1840 g/mol. The number of aryl methyl sites for hydroxylation is 8. The van der Waals surface area contributed by atoms with E-state index in [0.29, 0.717) is 209 Å². The number of benzene rings is 8. The summed E-state index contributed by atoms with van der Waals surface area (Å²) >= 11 is 0. The van der Waals surface area contributed by atoms with Gasteiger partial charge in [0.1, 0.15) is 45.4 Å². The molecule has 8 aromatic heterocycles. The maximum Gasteiger partial charge on any atom is 0.332 e. The van der Waals surface area contributed by atoms with Gasteiger partial charge in [-0.15, -0.1) is 0 Å². The van der Waals surface area contributed by atoms with Crippen LogP contribution >= 0.6 is 0 Å². The number of hydrogen-bond donors (Lipinski definition) is 9. The van der Waals surface area contributed by atoms with Gasteiger partial charge in [0.2, 0.25) is 5.91 Å². The quantitative estimate of drug-likeness (QED) is 0.0100. The third kappa shape index (κ3) is 25.3. The molecule has 0 aliphatic heterocycles. The number of carbonyl (C=O) groups excluding carboxylic acids is 1. The molecule has 12 N–H and O–H groups in total. The molecule has 134 heavy (non-hydrogen) atoms. The highest BCUT2D eigenvalue weighted by Gasteiger charge is 2.24. The highest BCUT2D eigenvalue weighted by molar-refractivity contribution is 7.85. The van der Waals surface area contributed by atoms with E-state index in [0.717, 1.165) is 69.5 Å². The smallest absolute Gasteiger partial charge is 0.332 e. The van der Waals surface area contributed by atoms with Gasteiger partial charge in [-0.1, -0.05) is 198 Å². The Labute approximate surface area is 772 Å². The van der Waals surface area contributed by atoms with Crippen LogP contribution in [0.2, 0.25) is 0 Å². The van der Waals surface area contributed by atoms with Crippen molar-refractivity contribution in [1.29, 1.82) is 0 Å². The van der Waals surface area contributed by atoms with Crippen LogP contribution in [-0.2, 0) is 123 Å². The molecule has 1 amide bonds. The van der Waals surface area contributed by atoms with Crippen molar-refractivity contribution in [2.45, 2.75) is 188 Å². The molecular formula is C100H116N20O13S. The summed E-state index contributed by atoms with van der Waals surface area (Å²) in [7, 11) is -2.67. The Morgan fingerprint density at radius 2 is 0.687 bits per heavy atom. The number of imidazole rings is 4. The van der Waals surface area contributed by atoms with E-state index in [1.165, 1.54) is 37.5 Å². The van der Waals surface area contributed by atoms with Gasteiger partial charge in [-0.25, -0.2) is 39.1 Å². The number of rotatable bonds is 36. The van der Waals surface area contributed by atoms with Crippen LogP contribution < -0.4 is 67.5 Å². The summed E-state index contributed by atoms with van der Waals surface area (Å²) in [6.07, 6.45) is 9.45. The number of carbonyl (C=O) groups is 1. The van der Waals surface area contributed by atoms with E-state index in [2.05, 4.69) is 45.2 Å². The van der Waals surface area contributed by atoms with Crippen LogP contribution in [0, 0.1) is 0 Å². The highest BCUT2D eigenvalue weighted by atomic mass is 32.2. The lowest BCUT2D eigenvalue weighted by Gasteiger charge is -2.11. The SMILES string of the molecule is CC.CCCn1c(=O)c2[nH]c(Cc3ccccc3)nc2n(CCCCc2ccc(S(=O)(=O)O)cc2)c1=O.CCCn1c(=O)c2[nH]c(Cc3ccccc3)nc2n(CCc2ccc(NC(=O)CCCCN)cc2)c1=O.CCn1c(=O)c2[nH]c(Cc3ccccc3)nc2n(CCc2ccc(N)cc2)c1=O.COCCn1c(=O)c2[nH]c(Cc3ccccc3)nc2n(CCc2ccc(N)cc2)c1=O. The second-order valence-electron chi connectivity index (χ2n) is 32.1. The number of ether oxygens (including phenoxy) is 1. The van der Waals surface area contributed by atoms with Crippen molar-refractivity contribution in [3.8, 4) is 0 Å². The molecule has 8 aromatic carbocycles. The average Bonchev–Trinajstić information content (AvgIpc) is 1.59. The summed E-state index contributed by atoms with van der Waals surface area (Å²) in [5, 5.41) is 2.90. The van der Waals surface area contributed by atoms with Crippen LogP contribution in [0.15, 0.2) is 262 Å². The molecule has 16 aromatic rings. The number of anilines is 3. The molecule has 0 unspecified atom stereocenters. The molecule has 0 atom stereocenters. The van der Waals surface area contributed by atoms with Crippen LogP contribution in [0.4, 0.5) is 17.1 Å². The van der Waals surface area contributed by atoms with Crippen LogP contribution in [0.5, 0.6) is 0 Å². The molecule has 700 valence electrons. The number of nitrogens with two attached hydrogens (primary N) is 3. The van der Waals surface area contributed by atoms with Crippen LogP contribution in [0.25, 0.3) is 44.7 Å². The Balaban J connectivity index is 0.000000160. The van der Waals surface area contributed by atoms with E-state index in [1.807, 2.05) is 222 Å². The zero-order valence-corrected chi connectivity index (χ0v) is 77.1. The molecular weight excluding hydrogens is 1720 g/mol. The monoisotopic (exact) mass is 1840 g/mol. The molecule has 0 aliphatic rings. The summed E-state index contributed by atoms with van der Waals surface area (Å²) in [6.45, 7) is 13.3. The number of amides is 1. The molecule has 16 rings (SSSR count). The van der Waals surface area contributed by atoms with Gasteiger partial charge in [0.05, 0.1) is 18.0 Å². The zero-order valence-electron chi connectivity index (χ0n) is 76.3. The lowest BCUT2D eigenvalue weighted by Crippen LogP contribution is -2.41. The van der Waals surface area contributed by atoms with Crippen molar-refractivity contribution in [3.05, 3.63) is 370 Å². The molecule has 0 fully saturated rings. The third-order valence-electron chi connectivity index (χ3n) is 22.5. The van der Waals surface area contributed by atoms with E-state index in [4.69, 9.17) is 26.5 Å². The fraction of sp³-hybridized carbons (Fsp3) is 0.310. The minimum absolute atomic E-state index is 0.0295. The second kappa shape index (κ2) is 47.4. The number of aromatic nitrogens is 16. The summed E-state index contributed by atoms with van der Waals surface area (Å²) in [4.78, 5) is 147. The molecule has 8 heterocycles. The zero-order chi connectivity index (χ0) is 95.4. The summed E-state index contributed by atoms with van der Waals surface area (Å²) in [5.41, 5.74) is 27.5. The predicted molar refractivity (Wildman–Crippen MR) is 525 cm³/mol. The Kier molecular flexibility index (Phi) is 34.8. The van der Waals surface area contributed by atoms with Crippen molar-refractivity contribution in [3.63, 3.8) is 0 Å². The van der Waals surface area contributed by atoms with Crippen LogP contribution in [-0.4, -0.2) is 116 Å². The Hall–Kier alpha value is -14.7. The van der Waals surface area contributed by atoms with Crippen LogP contribution in [0.3, 0.4) is 0 Å². The maximum absolute atomic E-state index is 13.3. The molecule has 0 bridgehead atoms. The van der Waals surface area contributed by atoms with E-state index < -0.39 is 10.1 Å². The highest BCUT2D eigenvalue weighted by Crippen LogP contribution is 2.21. The third-order valence-corrected chi connectivity index (χ3v) is 23.3. The van der Waals surface area contributed by atoms with Crippen molar-refractivity contribution in [2.24, 2.45) is 5.73 Å². The molecule has 34 heteroatoms. The number of H-pyrrole nitrogens is 4. The molecule has 0 saturated heterocycles. The minimum atomic E-state index is -4.21. The van der Waals surface area contributed by atoms with Crippen LogP contribution in [0.1, 0.15) is 147 Å². The van der Waals surface area contributed by atoms with E-state index in [1.54, 1.807) is 37.3 Å². The van der Waals surface area contributed by atoms with Gasteiger partial charge in [0.15, 0.2) is 22.6 Å². The van der Waals surface area contributed by atoms with Gasteiger partial charge >= 0.3 is 22.8 Å². The summed E-state index contributed by atoms with van der Waals surface area (Å²) in [6, 6.07) is 68.2. The number of aromatic amines is 4. The van der Waals surface area contributed by atoms with Crippen molar-refractivity contribution in [2.75, 3.05) is 37.0 Å². The fourth-order valence-corrected chi connectivity index (χ4v) is 16.1. The normalized spacial score (nSPS) is 11.3. The van der Waals surface area contributed by atoms with Gasteiger partial charge in [-0.2, -0.15) is 8.42 Å². The molecule has 0 spiro atoms. The number of unbranched alkanes of at least 4 members (excludes halogenated alkanes) is 2. The number of nitrogens with one attached hydrogen (secondary N) is 5. The largest absolute Gasteiger partial charge is 0.399 e. The van der Waals surface area contributed by atoms with E-state index >= 15 is 0 Å². The lowest BCUT2D eigenvalue weighted by atomic mass is 10.1. The van der Waals surface area contributed by atoms with Gasteiger partial charge in [-0.3, -0.25) is 65.1 Å². The maximum atomic E-state index is 13.3. The fourth-order valence-electron chi connectivity index (χ4n) is 15.6. The first kappa shape index (κ1) is 98.3. The van der Waals surface area contributed by atoms with Gasteiger partial charge in [0, 0.05) is 102 Å². The molecule has 0 radical (unpaired) electrons. The Morgan fingerprint density at radius 1 is 0.373 bits per heavy atom. The molecule has 0 saturated carbocycles. The summed E-state index contributed by atoms with van der Waals surface area (Å²) < 4.78 is 47.9. The van der Waals surface area contributed by atoms with Crippen molar-refractivity contribution < 1.29 is 22.5 Å². The Morgan fingerprint density at radius 3 is 1.01 bits per heavy atom. The van der Waals surface area contributed by atoms with E-state index in [-0.39, 0.29) is 69.0 Å². The summed E-state index contributed by atoms with van der Waals surface area (Å²) in [5.74, 6) is 2.55. The first-order chi connectivity index (χ1) is 64.9. The Bertz CT molecular complexity index is 7260. The van der Waals surface area contributed by atoms with Gasteiger partial charge < -0.3 is 47.2 Å². The number of nitrogens with zero attached hydrogens (tertiary/aromatic N) is 12. The number of hydrogen-bond acceptors (Lipinski definition) is 19. The first-order valence-corrected chi connectivity index (χ1v) is 46.7. The number of nitrogen functional groups attached to an aromatic ring is 2. The molecule has 33 nitrogen and oxygen atoms in total. The van der Waals surface area contributed by atoms with Crippen molar-refractivity contribution >= 4 is 77.7 Å². The van der Waals surface area contributed by atoms with Gasteiger partial charge in [-0.05, 0) is 171 Å². The standard InChI is InChI=1S/C28H34N6O3.C25H28N4O5S.C23H25N5O3.C22H23N5O2.C2H6/c1-2-17-34-27(36)25-26(32-23(31-25)19-21-8-4-3-5-9-21)33(28(34)37)18-15-20-11-13-22(14-12-20)30-24(35)10-6-7-16-29;1-2-15-29-24(30)22-23(27-21(26-22)17-19-9-4-3-5-10-19)28(25(29)31)16-7-6-8-18-11-13-20(14-12-18)35(32,33)34;1-31-14-13-28-22(29)20-21(26-19(25-20)15-17-5-3-2-4-6-17)27(23(28)30)12-11-16-7-9-18(24)10-8-16;1-2-26-21(28)19-20(25-18(24-19)14-16-6-4-3-5-7-16)27(22(26)29)13-12-15-8-10-17(23)11-9-15;1-2/h3-5,8-9,11-14H,2,6-7,10,15-19,29H2,1H3,(H,30,35)(H,31,32);3-5,9-14H,2,6-8,15-17H2,1H3,(H,26,27)(H,32,33,34);2-10H,11-15,24H2,1H3,(H,25,26);3-11H,2,12-14,23H2,1H3,(H,24,25);1-2H3.